The molecule has 0 spiro atoms. The first-order chi connectivity index (χ1) is 13.8. The summed E-state index contributed by atoms with van der Waals surface area (Å²) in [4.78, 5) is 4.54. The number of fused-ring (bicyclic) bond motifs is 2. The summed E-state index contributed by atoms with van der Waals surface area (Å²) in [7, 11) is 0. The van der Waals surface area contributed by atoms with Gasteiger partial charge in [0.05, 0.1) is 12.3 Å². The van der Waals surface area contributed by atoms with Crippen LogP contribution in [0.1, 0.15) is 29.9 Å². The number of benzene rings is 3. The van der Waals surface area contributed by atoms with E-state index in [9.17, 15) is 0 Å². The van der Waals surface area contributed by atoms with E-state index in [1.165, 1.54) is 11.1 Å². The number of hydrogen-bond acceptors (Lipinski definition) is 4. The molecule has 1 atom stereocenters. The second kappa shape index (κ2) is 7.32. The summed E-state index contributed by atoms with van der Waals surface area (Å²) in [6.45, 7) is 0.695. The predicted octanol–water partition coefficient (Wildman–Crippen LogP) is 6.64. The number of rotatable bonds is 3. The van der Waals surface area contributed by atoms with Crippen molar-refractivity contribution in [2.75, 3.05) is 11.9 Å². The molecule has 0 radical (unpaired) electrons. The van der Waals surface area contributed by atoms with E-state index in [1.54, 1.807) is 0 Å². The third-order valence-electron chi connectivity index (χ3n) is 5.08. The van der Waals surface area contributed by atoms with Gasteiger partial charge >= 0.3 is 0 Å². The third kappa shape index (κ3) is 3.27. The molecule has 1 aliphatic rings. The van der Waals surface area contributed by atoms with Crippen molar-refractivity contribution in [1.29, 1.82) is 0 Å². The SMILES string of the molecule is Brc1cc(Nc2nc3ccccc3o2)c2c(c1)C(c1ccccc1)CCCO2. The van der Waals surface area contributed by atoms with Crippen LogP contribution in [0.25, 0.3) is 11.1 Å². The van der Waals surface area contributed by atoms with E-state index in [2.05, 4.69) is 62.6 Å². The van der Waals surface area contributed by atoms with Gasteiger partial charge in [0, 0.05) is 16.0 Å². The lowest BCUT2D eigenvalue weighted by molar-refractivity contribution is 0.318. The molecule has 0 aliphatic carbocycles. The number of halogens is 1. The molecule has 1 aliphatic heterocycles. The number of nitrogens with zero attached hydrogens (tertiary/aromatic N) is 1. The first kappa shape index (κ1) is 17.3. The average Bonchev–Trinajstić information content (AvgIpc) is 2.99. The Labute approximate surface area is 171 Å². The van der Waals surface area contributed by atoms with Crippen molar-refractivity contribution in [2.24, 2.45) is 0 Å². The van der Waals surface area contributed by atoms with Crippen molar-refractivity contribution in [3.8, 4) is 5.75 Å². The molecular formula is C23H19BrN2O2. The van der Waals surface area contributed by atoms with Crippen LogP contribution in [0.4, 0.5) is 11.7 Å². The van der Waals surface area contributed by atoms with Gasteiger partial charge in [-0.1, -0.05) is 58.4 Å². The topological polar surface area (TPSA) is 47.3 Å². The van der Waals surface area contributed by atoms with E-state index >= 15 is 0 Å². The highest BCUT2D eigenvalue weighted by Gasteiger charge is 2.25. The fraction of sp³-hybridized carbons (Fsp3) is 0.174. The van der Waals surface area contributed by atoms with Crippen LogP contribution in [0.3, 0.4) is 0 Å². The number of para-hydroxylation sites is 2. The molecule has 3 aromatic carbocycles. The zero-order chi connectivity index (χ0) is 18.9. The van der Waals surface area contributed by atoms with Crippen molar-refractivity contribution >= 4 is 38.7 Å². The number of oxazole rings is 1. The van der Waals surface area contributed by atoms with E-state index in [1.807, 2.05) is 30.3 Å². The molecule has 4 nitrogen and oxygen atoms in total. The quantitative estimate of drug-likeness (QED) is 0.392. The van der Waals surface area contributed by atoms with Crippen LogP contribution < -0.4 is 10.1 Å². The molecule has 2 heterocycles. The molecule has 28 heavy (non-hydrogen) atoms. The Morgan fingerprint density at radius 3 is 2.68 bits per heavy atom. The van der Waals surface area contributed by atoms with Gasteiger partial charge in [-0.25, -0.2) is 0 Å². The number of ether oxygens (including phenoxy) is 1. The standard InChI is InChI=1S/C23H19BrN2O2/c24-16-13-18-17(15-7-2-1-3-8-15)9-6-12-27-22(18)20(14-16)26-23-25-19-10-4-5-11-21(19)28-23/h1-5,7-8,10-11,13-14,17H,6,9,12H2,(H,25,26). The van der Waals surface area contributed by atoms with E-state index in [4.69, 9.17) is 9.15 Å². The Balaban J connectivity index is 1.58. The average molecular weight is 435 g/mol. The molecule has 0 saturated heterocycles. The Hall–Kier alpha value is -2.79. The number of hydrogen-bond donors (Lipinski definition) is 1. The second-order valence-corrected chi connectivity index (χ2v) is 7.85. The molecule has 1 unspecified atom stereocenters. The van der Waals surface area contributed by atoms with Crippen molar-refractivity contribution in [2.45, 2.75) is 18.8 Å². The third-order valence-corrected chi connectivity index (χ3v) is 5.54. The molecule has 5 rings (SSSR count). The number of aromatic nitrogens is 1. The first-order valence-electron chi connectivity index (χ1n) is 9.42. The van der Waals surface area contributed by atoms with Crippen molar-refractivity contribution in [3.05, 3.63) is 82.3 Å². The summed E-state index contributed by atoms with van der Waals surface area (Å²) in [6.07, 6.45) is 2.06. The summed E-state index contributed by atoms with van der Waals surface area (Å²) in [5.74, 6) is 1.16. The highest BCUT2D eigenvalue weighted by Crippen LogP contribution is 2.44. The van der Waals surface area contributed by atoms with Crippen molar-refractivity contribution < 1.29 is 9.15 Å². The smallest absolute Gasteiger partial charge is 0.300 e. The maximum Gasteiger partial charge on any atom is 0.300 e. The number of nitrogens with one attached hydrogen (secondary N) is 1. The Bertz CT molecular complexity index is 1090. The zero-order valence-electron chi connectivity index (χ0n) is 15.2. The predicted molar refractivity (Wildman–Crippen MR) is 114 cm³/mol. The fourth-order valence-corrected chi connectivity index (χ4v) is 4.29. The summed E-state index contributed by atoms with van der Waals surface area (Å²) >= 11 is 3.67. The van der Waals surface area contributed by atoms with E-state index in [0.717, 1.165) is 39.9 Å². The molecule has 140 valence electrons. The molecule has 1 aromatic heterocycles. The fourth-order valence-electron chi connectivity index (χ4n) is 3.82. The van der Waals surface area contributed by atoms with Gasteiger partial charge in [-0.2, -0.15) is 4.98 Å². The van der Waals surface area contributed by atoms with Gasteiger partial charge in [0.1, 0.15) is 11.3 Å². The molecule has 4 aromatic rings. The van der Waals surface area contributed by atoms with Crippen LogP contribution in [0.2, 0.25) is 0 Å². The number of anilines is 2. The lowest BCUT2D eigenvalue weighted by Crippen LogP contribution is -2.03. The maximum atomic E-state index is 6.18. The minimum atomic E-state index is 0.292. The molecule has 0 saturated carbocycles. The molecule has 0 fully saturated rings. The van der Waals surface area contributed by atoms with Crippen LogP contribution in [-0.2, 0) is 0 Å². The molecule has 0 bridgehead atoms. The lowest BCUT2D eigenvalue weighted by atomic mass is 9.87. The summed E-state index contributed by atoms with van der Waals surface area (Å²) < 4.78 is 13.0. The van der Waals surface area contributed by atoms with Gasteiger partial charge in [0.2, 0.25) is 0 Å². The lowest BCUT2D eigenvalue weighted by Gasteiger charge is -2.20. The Kier molecular flexibility index (Phi) is 4.53. The summed E-state index contributed by atoms with van der Waals surface area (Å²) in [5, 5.41) is 3.33. The van der Waals surface area contributed by atoms with Crippen molar-refractivity contribution in [1.82, 2.24) is 4.98 Å². The Morgan fingerprint density at radius 1 is 1.00 bits per heavy atom. The van der Waals surface area contributed by atoms with Crippen LogP contribution in [0.5, 0.6) is 5.75 Å². The van der Waals surface area contributed by atoms with E-state index in [-0.39, 0.29) is 0 Å². The van der Waals surface area contributed by atoms with E-state index < -0.39 is 0 Å². The molecule has 5 heteroatoms. The van der Waals surface area contributed by atoms with Crippen LogP contribution >= 0.6 is 15.9 Å². The maximum absolute atomic E-state index is 6.18. The summed E-state index contributed by atoms with van der Waals surface area (Å²) in [6, 6.07) is 23.0. The Morgan fingerprint density at radius 2 is 1.82 bits per heavy atom. The van der Waals surface area contributed by atoms with E-state index in [0.29, 0.717) is 18.5 Å². The highest BCUT2D eigenvalue weighted by atomic mass is 79.9. The van der Waals surface area contributed by atoms with Gasteiger partial charge in [-0.15, -0.1) is 0 Å². The van der Waals surface area contributed by atoms with Crippen LogP contribution in [0.15, 0.2) is 75.6 Å². The van der Waals surface area contributed by atoms with Gasteiger partial charge in [-0.05, 0) is 42.7 Å². The normalized spacial score (nSPS) is 16.2. The van der Waals surface area contributed by atoms with Crippen LogP contribution in [-0.4, -0.2) is 11.6 Å². The molecule has 0 amide bonds. The summed E-state index contributed by atoms with van der Waals surface area (Å²) in [5.41, 5.74) is 4.93. The minimum absolute atomic E-state index is 0.292. The van der Waals surface area contributed by atoms with Gasteiger partial charge in [-0.3, -0.25) is 0 Å². The zero-order valence-corrected chi connectivity index (χ0v) is 16.8. The molecule has 1 N–H and O–H groups in total. The van der Waals surface area contributed by atoms with Crippen LogP contribution in [0, 0.1) is 0 Å². The minimum Gasteiger partial charge on any atom is -0.491 e. The largest absolute Gasteiger partial charge is 0.491 e. The van der Waals surface area contributed by atoms with Crippen molar-refractivity contribution in [3.63, 3.8) is 0 Å². The first-order valence-corrected chi connectivity index (χ1v) is 10.2. The highest BCUT2D eigenvalue weighted by molar-refractivity contribution is 9.10. The second-order valence-electron chi connectivity index (χ2n) is 6.94. The molecular weight excluding hydrogens is 416 g/mol. The van der Waals surface area contributed by atoms with Gasteiger partial charge in [0.25, 0.3) is 6.01 Å². The van der Waals surface area contributed by atoms with Gasteiger partial charge < -0.3 is 14.5 Å². The monoisotopic (exact) mass is 434 g/mol. The van der Waals surface area contributed by atoms with Gasteiger partial charge in [0.15, 0.2) is 5.58 Å².